The number of fused-ring (bicyclic) bond motifs is 4. The summed E-state index contributed by atoms with van der Waals surface area (Å²) >= 11 is 1.71. The number of rotatable bonds is 4. The third kappa shape index (κ3) is 4.09. The molecule has 0 spiro atoms. The number of thiophene rings is 1. The topological polar surface area (TPSA) is 90.0 Å². The number of piperazine rings is 1. The van der Waals surface area contributed by atoms with Crippen LogP contribution in [0.3, 0.4) is 0 Å². The second-order valence-electron chi connectivity index (χ2n) is 9.79. The Kier molecular flexibility index (Phi) is 5.50. The zero-order valence-corrected chi connectivity index (χ0v) is 21.2. The standard InChI is InChI=1S/C28H27N7OS/c36-28(35-12-10-34(11-13-35)21-4-2-1-3-5-21)18-6-8-22-24(15-18)37-27-25(22)26(29-17-30-27)32-20-7-9-23-19(14-20)16-31-33-23/h1-5,7,9,14,16-18H,6,8,10-13,15H2,(H,31,33)(H,29,30,32)/t18-/m0/s1. The fourth-order valence-corrected chi connectivity index (χ4v) is 6.92. The summed E-state index contributed by atoms with van der Waals surface area (Å²) < 4.78 is 0. The van der Waals surface area contributed by atoms with Gasteiger partial charge in [-0.25, -0.2) is 9.97 Å². The normalized spacial score (nSPS) is 17.8. The van der Waals surface area contributed by atoms with Gasteiger partial charge in [0.2, 0.25) is 5.91 Å². The van der Waals surface area contributed by atoms with Gasteiger partial charge in [0.25, 0.3) is 0 Å². The van der Waals surface area contributed by atoms with Crippen LogP contribution in [0.15, 0.2) is 61.1 Å². The molecule has 2 N–H and O–H groups in total. The summed E-state index contributed by atoms with van der Waals surface area (Å²) in [4.78, 5) is 29.3. The van der Waals surface area contributed by atoms with Gasteiger partial charge in [0, 0.05) is 53.7 Å². The summed E-state index contributed by atoms with van der Waals surface area (Å²) in [7, 11) is 0. The van der Waals surface area contributed by atoms with Crippen LogP contribution in [0.1, 0.15) is 16.9 Å². The smallest absolute Gasteiger partial charge is 0.226 e. The van der Waals surface area contributed by atoms with Gasteiger partial charge in [-0.2, -0.15) is 5.10 Å². The number of amides is 1. The first-order valence-electron chi connectivity index (χ1n) is 12.8. The minimum absolute atomic E-state index is 0.0386. The van der Waals surface area contributed by atoms with Crippen LogP contribution in [0.4, 0.5) is 17.2 Å². The fraction of sp³-hybridized carbons (Fsp3) is 0.286. The molecular weight excluding hydrogens is 482 g/mol. The van der Waals surface area contributed by atoms with Crippen molar-refractivity contribution in [3.63, 3.8) is 0 Å². The summed E-state index contributed by atoms with van der Waals surface area (Å²) in [6, 6.07) is 16.6. The maximum Gasteiger partial charge on any atom is 0.226 e. The Bertz CT molecular complexity index is 1590. The maximum atomic E-state index is 13.5. The molecule has 3 aromatic heterocycles. The molecule has 9 heteroatoms. The molecule has 1 saturated heterocycles. The lowest BCUT2D eigenvalue weighted by atomic mass is 9.86. The summed E-state index contributed by atoms with van der Waals surface area (Å²) in [6.45, 7) is 3.33. The average molecular weight is 510 g/mol. The molecule has 0 radical (unpaired) electrons. The van der Waals surface area contributed by atoms with Crippen LogP contribution >= 0.6 is 11.3 Å². The Labute approximate surface area is 218 Å². The number of nitrogens with zero attached hydrogens (tertiary/aromatic N) is 5. The lowest BCUT2D eigenvalue weighted by molar-refractivity contribution is -0.136. The molecule has 1 atom stereocenters. The number of para-hydroxylation sites is 1. The molecule has 186 valence electrons. The maximum absolute atomic E-state index is 13.5. The van der Waals surface area contributed by atoms with Crippen molar-refractivity contribution in [2.45, 2.75) is 19.3 Å². The van der Waals surface area contributed by atoms with E-state index < -0.39 is 0 Å². The number of anilines is 3. The molecule has 1 aliphatic heterocycles. The molecule has 0 saturated carbocycles. The van der Waals surface area contributed by atoms with Crippen LogP contribution in [0.2, 0.25) is 0 Å². The van der Waals surface area contributed by atoms with Crippen molar-refractivity contribution in [2.75, 3.05) is 36.4 Å². The SMILES string of the molecule is O=C([C@H]1CCc2c(sc3ncnc(Nc4ccc5[nH]ncc5c4)c23)C1)N1CCN(c2ccccc2)CC1. The van der Waals surface area contributed by atoms with E-state index in [1.165, 1.54) is 16.1 Å². The third-order valence-electron chi connectivity index (χ3n) is 7.61. The average Bonchev–Trinajstić information content (AvgIpc) is 3.57. The van der Waals surface area contributed by atoms with Crippen LogP contribution < -0.4 is 10.2 Å². The third-order valence-corrected chi connectivity index (χ3v) is 8.77. The number of aromatic nitrogens is 4. The Morgan fingerprint density at radius 2 is 1.92 bits per heavy atom. The van der Waals surface area contributed by atoms with Crippen molar-refractivity contribution in [1.82, 2.24) is 25.1 Å². The second kappa shape index (κ2) is 9.15. The van der Waals surface area contributed by atoms with Crippen LogP contribution in [0.5, 0.6) is 0 Å². The predicted molar refractivity (Wildman–Crippen MR) is 148 cm³/mol. The molecule has 1 amide bonds. The minimum atomic E-state index is 0.0386. The van der Waals surface area contributed by atoms with Crippen molar-refractivity contribution >= 4 is 55.6 Å². The Hall–Kier alpha value is -3.98. The summed E-state index contributed by atoms with van der Waals surface area (Å²) in [5, 5.41) is 12.7. The molecular formula is C28H27N7OS. The van der Waals surface area contributed by atoms with Crippen LogP contribution in [0, 0.1) is 5.92 Å². The number of hydrogen-bond acceptors (Lipinski definition) is 7. The fourth-order valence-electron chi connectivity index (χ4n) is 5.66. The highest BCUT2D eigenvalue weighted by molar-refractivity contribution is 7.19. The van der Waals surface area contributed by atoms with E-state index in [2.05, 4.69) is 65.6 Å². The zero-order valence-electron chi connectivity index (χ0n) is 20.4. The monoisotopic (exact) mass is 509 g/mol. The van der Waals surface area contributed by atoms with Crippen molar-refractivity contribution < 1.29 is 4.79 Å². The van der Waals surface area contributed by atoms with E-state index in [-0.39, 0.29) is 5.92 Å². The van der Waals surface area contributed by atoms with E-state index >= 15 is 0 Å². The van der Waals surface area contributed by atoms with Crippen molar-refractivity contribution in [2.24, 2.45) is 5.92 Å². The van der Waals surface area contributed by atoms with Gasteiger partial charge in [-0.3, -0.25) is 9.89 Å². The lowest BCUT2D eigenvalue weighted by Gasteiger charge is -2.38. The first-order valence-corrected chi connectivity index (χ1v) is 13.6. The molecule has 2 aliphatic rings. The Morgan fingerprint density at radius 1 is 1.05 bits per heavy atom. The van der Waals surface area contributed by atoms with Gasteiger partial charge in [0.1, 0.15) is 17.0 Å². The number of aryl methyl sites for hydroxylation is 1. The van der Waals surface area contributed by atoms with Crippen LogP contribution in [-0.2, 0) is 17.6 Å². The number of aromatic amines is 1. The number of carbonyl (C=O) groups excluding carboxylic acids is 1. The number of carbonyl (C=O) groups is 1. The Balaban J connectivity index is 1.08. The second-order valence-corrected chi connectivity index (χ2v) is 10.9. The highest BCUT2D eigenvalue weighted by atomic mass is 32.1. The number of H-pyrrole nitrogens is 1. The van der Waals surface area contributed by atoms with E-state index in [4.69, 9.17) is 0 Å². The van der Waals surface area contributed by atoms with Gasteiger partial charge < -0.3 is 15.1 Å². The number of nitrogens with one attached hydrogen (secondary N) is 2. The number of benzene rings is 2. The first kappa shape index (κ1) is 22.2. The number of hydrogen-bond donors (Lipinski definition) is 2. The van der Waals surface area contributed by atoms with E-state index in [9.17, 15) is 4.79 Å². The van der Waals surface area contributed by atoms with E-state index in [0.29, 0.717) is 5.91 Å². The lowest BCUT2D eigenvalue weighted by Crippen LogP contribution is -2.51. The highest BCUT2D eigenvalue weighted by Gasteiger charge is 2.33. The molecule has 5 aromatic rings. The molecule has 4 heterocycles. The van der Waals surface area contributed by atoms with E-state index in [0.717, 1.165) is 78.1 Å². The molecule has 7 rings (SSSR count). The highest BCUT2D eigenvalue weighted by Crippen LogP contribution is 2.41. The molecule has 0 bridgehead atoms. The van der Waals surface area contributed by atoms with Crippen LogP contribution in [0.25, 0.3) is 21.1 Å². The quantitative estimate of drug-likeness (QED) is 0.363. The summed E-state index contributed by atoms with van der Waals surface area (Å²) in [6.07, 6.45) is 5.97. The Morgan fingerprint density at radius 3 is 2.78 bits per heavy atom. The van der Waals surface area contributed by atoms with E-state index in [1.807, 2.05) is 24.4 Å². The molecule has 8 nitrogen and oxygen atoms in total. The minimum Gasteiger partial charge on any atom is -0.368 e. The summed E-state index contributed by atoms with van der Waals surface area (Å²) in [5.74, 6) is 1.16. The van der Waals surface area contributed by atoms with E-state index in [1.54, 1.807) is 17.7 Å². The van der Waals surface area contributed by atoms with Gasteiger partial charge in [0.05, 0.1) is 17.1 Å². The zero-order chi connectivity index (χ0) is 24.8. The van der Waals surface area contributed by atoms with Gasteiger partial charge in [0.15, 0.2) is 0 Å². The van der Waals surface area contributed by atoms with Gasteiger partial charge >= 0.3 is 0 Å². The van der Waals surface area contributed by atoms with Gasteiger partial charge in [-0.05, 0) is 55.2 Å². The molecule has 2 aromatic carbocycles. The van der Waals surface area contributed by atoms with Crippen molar-refractivity contribution in [3.8, 4) is 0 Å². The molecule has 37 heavy (non-hydrogen) atoms. The largest absolute Gasteiger partial charge is 0.368 e. The molecule has 1 fully saturated rings. The van der Waals surface area contributed by atoms with Crippen LogP contribution in [-0.4, -0.2) is 57.2 Å². The van der Waals surface area contributed by atoms with Gasteiger partial charge in [-0.1, -0.05) is 18.2 Å². The molecule has 1 aliphatic carbocycles. The molecule has 0 unspecified atom stereocenters. The van der Waals surface area contributed by atoms with Crippen molar-refractivity contribution in [1.29, 1.82) is 0 Å². The summed E-state index contributed by atoms with van der Waals surface area (Å²) in [5.41, 5.74) is 4.50. The predicted octanol–water partition coefficient (Wildman–Crippen LogP) is 4.76. The van der Waals surface area contributed by atoms with Crippen molar-refractivity contribution in [3.05, 3.63) is 71.5 Å². The van der Waals surface area contributed by atoms with Gasteiger partial charge in [-0.15, -0.1) is 11.3 Å². The first-order chi connectivity index (χ1) is 18.2.